The van der Waals surface area contributed by atoms with Gasteiger partial charge in [-0.2, -0.15) is 9.78 Å². The molecule has 196 valence electrons. The minimum absolute atomic E-state index is 0.0274. The topological polar surface area (TPSA) is 129 Å². The zero-order chi connectivity index (χ0) is 26.0. The van der Waals surface area contributed by atoms with Gasteiger partial charge in [0.1, 0.15) is 5.82 Å². The number of carboxylic acids is 1. The molecular weight excluding hydrogens is 508 g/mol. The normalized spacial score (nSPS) is 20.9. The van der Waals surface area contributed by atoms with E-state index in [1.807, 2.05) is 39.0 Å². The molecule has 0 aliphatic carbocycles. The Bertz CT molecular complexity index is 1130. The first-order valence-corrected chi connectivity index (χ1v) is 13.0. The molecule has 36 heavy (non-hydrogen) atoms. The number of anilines is 1. The van der Waals surface area contributed by atoms with Crippen molar-refractivity contribution in [2.45, 2.75) is 39.4 Å². The van der Waals surface area contributed by atoms with Gasteiger partial charge in [0, 0.05) is 42.5 Å². The van der Waals surface area contributed by atoms with Crippen LogP contribution in [0.25, 0.3) is 0 Å². The number of carbonyl (C=O) groups excluding carboxylic acids is 2. The number of ether oxygens (including phenoxy) is 1. The van der Waals surface area contributed by atoms with E-state index in [-0.39, 0.29) is 31.1 Å². The van der Waals surface area contributed by atoms with E-state index in [0.29, 0.717) is 48.6 Å². The first kappa shape index (κ1) is 26.4. The Labute approximate surface area is 218 Å². The van der Waals surface area contributed by atoms with Crippen LogP contribution < -0.4 is 10.6 Å². The number of hydrogen-bond donors (Lipinski definition) is 3. The van der Waals surface area contributed by atoms with Crippen molar-refractivity contribution in [3.63, 3.8) is 0 Å². The molecule has 0 aromatic carbocycles. The molecular formula is C23H31ClN6O5S. The van der Waals surface area contributed by atoms with Crippen LogP contribution in [0.5, 0.6) is 0 Å². The van der Waals surface area contributed by atoms with E-state index >= 15 is 0 Å². The second-order valence-electron chi connectivity index (χ2n) is 9.84. The summed E-state index contributed by atoms with van der Waals surface area (Å²) >= 11 is 7.50. The maximum absolute atomic E-state index is 13.2. The van der Waals surface area contributed by atoms with Gasteiger partial charge >= 0.3 is 12.0 Å². The molecule has 0 spiro atoms. The van der Waals surface area contributed by atoms with Crippen molar-refractivity contribution < 1.29 is 24.2 Å². The van der Waals surface area contributed by atoms with Gasteiger partial charge in [0.15, 0.2) is 6.04 Å². The molecule has 2 aromatic rings. The third-order valence-electron chi connectivity index (χ3n) is 6.10. The smallest absolute Gasteiger partial charge is 0.328 e. The fraction of sp³-hybridized carbons (Fsp3) is 0.565. The lowest BCUT2D eigenvalue weighted by Gasteiger charge is -2.40. The SMILES string of the molecule is CC(C)(C)C(=O)n1nc(C2CN(C(=O)N3CCOCC3C(=O)O)CCN2)cc1NCc1ccc(Cl)s1. The lowest BCUT2D eigenvalue weighted by Crippen LogP contribution is -2.59. The number of halogens is 1. The van der Waals surface area contributed by atoms with Crippen LogP contribution in [-0.2, 0) is 16.1 Å². The van der Waals surface area contributed by atoms with Crippen molar-refractivity contribution >= 4 is 46.7 Å². The van der Waals surface area contributed by atoms with Crippen LogP contribution in [0, 0.1) is 5.41 Å². The molecule has 2 aliphatic rings. The lowest BCUT2D eigenvalue weighted by molar-refractivity contribution is -0.147. The molecule has 2 unspecified atom stereocenters. The fourth-order valence-electron chi connectivity index (χ4n) is 4.13. The number of carbonyl (C=O) groups is 3. The lowest BCUT2D eigenvalue weighted by atomic mass is 9.96. The number of nitrogens with zero attached hydrogens (tertiary/aromatic N) is 4. The summed E-state index contributed by atoms with van der Waals surface area (Å²) in [5.74, 6) is -0.697. The Morgan fingerprint density at radius 3 is 2.75 bits per heavy atom. The quantitative estimate of drug-likeness (QED) is 0.530. The number of rotatable bonds is 5. The number of amides is 2. The summed E-state index contributed by atoms with van der Waals surface area (Å²) in [7, 11) is 0. The number of morpholine rings is 1. The van der Waals surface area contributed by atoms with Crippen molar-refractivity contribution in [2.75, 3.05) is 44.7 Å². The van der Waals surface area contributed by atoms with Gasteiger partial charge in [-0.1, -0.05) is 32.4 Å². The Hall–Kier alpha value is -2.67. The molecule has 3 N–H and O–H groups in total. The van der Waals surface area contributed by atoms with Crippen LogP contribution in [0.3, 0.4) is 0 Å². The number of aromatic nitrogens is 2. The predicted octanol–water partition coefficient (Wildman–Crippen LogP) is 2.75. The zero-order valence-corrected chi connectivity index (χ0v) is 22.1. The molecule has 0 bridgehead atoms. The van der Waals surface area contributed by atoms with E-state index in [4.69, 9.17) is 16.3 Å². The summed E-state index contributed by atoms with van der Waals surface area (Å²) in [5.41, 5.74) is -0.0376. The van der Waals surface area contributed by atoms with Gasteiger partial charge in [-0.25, -0.2) is 9.59 Å². The Morgan fingerprint density at radius 2 is 2.08 bits per heavy atom. The number of nitrogens with one attached hydrogen (secondary N) is 2. The molecule has 2 fully saturated rings. The number of urea groups is 1. The van der Waals surface area contributed by atoms with Crippen LogP contribution >= 0.6 is 22.9 Å². The summed E-state index contributed by atoms with van der Waals surface area (Å²) in [6, 6.07) is 3.90. The fourth-order valence-corrected chi connectivity index (χ4v) is 5.16. The summed E-state index contributed by atoms with van der Waals surface area (Å²) in [6.45, 7) is 7.72. The first-order chi connectivity index (χ1) is 17.0. The predicted molar refractivity (Wildman–Crippen MR) is 136 cm³/mol. The van der Waals surface area contributed by atoms with Gasteiger partial charge < -0.3 is 30.3 Å². The van der Waals surface area contributed by atoms with E-state index in [1.165, 1.54) is 20.9 Å². The number of carboxylic acid groups (broad SMARTS) is 1. The van der Waals surface area contributed by atoms with Gasteiger partial charge in [0.25, 0.3) is 5.91 Å². The molecule has 4 rings (SSSR count). The second-order valence-corrected chi connectivity index (χ2v) is 11.6. The minimum Gasteiger partial charge on any atom is -0.480 e. The van der Waals surface area contributed by atoms with E-state index in [9.17, 15) is 19.5 Å². The first-order valence-electron chi connectivity index (χ1n) is 11.8. The third kappa shape index (κ3) is 5.83. The number of thiophene rings is 1. The van der Waals surface area contributed by atoms with Crippen LogP contribution in [0.2, 0.25) is 4.34 Å². The molecule has 0 saturated carbocycles. The molecule has 2 saturated heterocycles. The van der Waals surface area contributed by atoms with Crippen molar-refractivity contribution in [2.24, 2.45) is 5.41 Å². The Morgan fingerprint density at radius 1 is 1.31 bits per heavy atom. The van der Waals surface area contributed by atoms with Gasteiger partial charge in [0.05, 0.1) is 35.8 Å². The van der Waals surface area contributed by atoms with Crippen molar-refractivity contribution in [3.05, 3.63) is 33.1 Å². The van der Waals surface area contributed by atoms with Crippen molar-refractivity contribution in [1.29, 1.82) is 0 Å². The highest BCUT2D eigenvalue weighted by molar-refractivity contribution is 7.16. The van der Waals surface area contributed by atoms with Gasteiger partial charge in [-0.15, -0.1) is 11.3 Å². The molecule has 4 heterocycles. The molecule has 2 atom stereocenters. The van der Waals surface area contributed by atoms with E-state index in [0.717, 1.165) is 4.88 Å². The van der Waals surface area contributed by atoms with Crippen LogP contribution in [0.15, 0.2) is 18.2 Å². The van der Waals surface area contributed by atoms with Crippen LogP contribution in [-0.4, -0.2) is 88.0 Å². The van der Waals surface area contributed by atoms with Crippen LogP contribution in [0.1, 0.15) is 42.2 Å². The van der Waals surface area contributed by atoms with Crippen molar-refractivity contribution in [1.82, 2.24) is 24.9 Å². The number of aliphatic carboxylic acids is 1. The monoisotopic (exact) mass is 538 g/mol. The Kier molecular flexibility index (Phi) is 7.88. The summed E-state index contributed by atoms with van der Waals surface area (Å²) in [6.07, 6.45) is 0. The van der Waals surface area contributed by atoms with Crippen molar-refractivity contribution in [3.8, 4) is 0 Å². The zero-order valence-electron chi connectivity index (χ0n) is 20.5. The number of piperazine rings is 1. The largest absolute Gasteiger partial charge is 0.480 e. The maximum atomic E-state index is 13.2. The van der Waals surface area contributed by atoms with E-state index in [1.54, 1.807) is 4.90 Å². The summed E-state index contributed by atoms with van der Waals surface area (Å²) in [4.78, 5) is 42.0. The highest BCUT2D eigenvalue weighted by Crippen LogP contribution is 2.27. The minimum atomic E-state index is -1.09. The highest BCUT2D eigenvalue weighted by atomic mass is 35.5. The van der Waals surface area contributed by atoms with Gasteiger partial charge in [-0.05, 0) is 12.1 Å². The van der Waals surface area contributed by atoms with Crippen LogP contribution in [0.4, 0.5) is 10.6 Å². The maximum Gasteiger partial charge on any atom is 0.328 e. The molecule has 13 heteroatoms. The molecule has 0 radical (unpaired) electrons. The average molecular weight is 539 g/mol. The molecule has 11 nitrogen and oxygen atoms in total. The van der Waals surface area contributed by atoms with Gasteiger partial charge in [0.2, 0.25) is 0 Å². The average Bonchev–Trinajstić information content (AvgIpc) is 3.47. The third-order valence-corrected chi connectivity index (χ3v) is 7.33. The number of hydrogen-bond acceptors (Lipinski definition) is 8. The molecule has 2 amide bonds. The molecule has 2 aromatic heterocycles. The summed E-state index contributed by atoms with van der Waals surface area (Å²) < 4.78 is 7.33. The summed E-state index contributed by atoms with van der Waals surface area (Å²) in [5, 5.41) is 20.8. The Balaban J connectivity index is 1.54. The van der Waals surface area contributed by atoms with E-state index < -0.39 is 17.4 Å². The van der Waals surface area contributed by atoms with Gasteiger partial charge in [-0.3, -0.25) is 4.79 Å². The molecule has 2 aliphatic heterocycles. The highest BCUT2D eigenvalue weighted by Gasteiger charge is 2.37. The second kappa shape index (κ2) is 10.8. The standard InChI is InChI=1S/C23H31ClN6O5S/c1-23(2,3)21(33)30-19(26-11-14-4-5-18(24)36-14)10-15(27-30)16-12-28(7-6-25-16)22(34)29-8-9-35-13-17(29)20(31)32/h4-5,10,16-17,25-26H,6-9,11-13H2,1-3H3,(H,31,32). The van der Waals surface area contributed by atoms with E-state index in [2.05, 4.69) is 15.7 Å².